The molecule has 0 amide bonds. The van der Waals surface area contributed by atoms with Crippen LogP contribution in [0.2, 0.25) is 5.02 Å². The minimum Gasteiger partial charge on any atom is -0.370 e. The zero-order valence-corrected chi connectivity index (χ0v) is 13.5. The van der Waals surface area contributed by atoms with Gasteiger partial charge in [0, 0.05) is 12.8 Å². The first-order valence-corrected chi connectivity index (χ1v) is 9.15. The number of hydrogen-bond donors (Lipinski definition) is 2. The van der Waals surface area contributed by atoms with Crippen molar-refractivity contribution >= 4 is 27.4 Å². The lowest BCUT2D eigenvalue weighted by Crippen LogP contribution is -2.37. The largest absolute Gasteiger partial charge is 0.370 e. The molecule has 1 fully saturated rings. The molecule has 2 rings (SSSR count). The molecule has 7 heteroatoms. The van der Waals surface area contributed by atoms with Crippen molar-refractivity contribution < 1.29 is 8.42 Å². The summed E-state index contributed by atoms with van der Waals surface area (Å²) < 4.78 is 22.9. The van der Waals surface area contributed by atoms with Crippen LogP contribution in [-0.2, 0) is 16.4 Å². The van der Waals surface area contributed by atoms with Gasteiger partial charge in [-0.05, 0) is 36.5 Å². The Bertz CT molecular complexity index is 640. The molecule has 1 aromatic rings. The first-order valence-electron chi connectivity index (χ1n) is 6.88. The molecule has 0 spiro atoms. The molecule has 0 radical (unpaired) electrons. The molecule has 5 nitrogen and oxygen atoms in total. The molecule has 0 atom stereocenters. The lowest BCUT2D eigenvalue weighted by molar-refractivity contribution is 0.315. The van der Waals surface area contributed by atoms with Crippen molar-refractivity contribution in [2.24, 2.45) is 16.6 Å². The highest BCUT2D eigenvalue weighted by atomic mass is 35.5. The Balaban J connectivity index is 1.94. The first kappa shape index (κ1) is 16.1. The Labute approximate surface area is 130 Å². The van der Waals surface area contributed by atoms with Crippen LogP contribution >= 0.6 is 11.6 Å². The van der Waals surface area contributed by atoms with Gasteiger partial charge in [-0.25, -0.2) is 13.4 Å². The molecular weight excluding hydrogens is 310 g/mol. The minimum atomic E-state index is -3.30. The normalized spacial score (nSPS) is 16.6. The van der Waals surface area contributed by atoms with Gasteiger partial charge >= 0.3 is 0 Å². The molecule has 1 aromatic carbocycles. The second-order valence-electron chi connectivity index (χ2n) is 5.42. The van der Waals surface area contributed by atoms with E-state index in [4.69, 9.17) is 17.3 Å². The highest BCUT2D eigenvalue weighted by Gasteiger charge is 2.16. The van der Waals surface area contributed by atoms with Crippen molar-refractivity contribution in [3.63, 3.8) is 0 Å². The van der Waals surface area contributed by atoms with Crippen LogP contribution in [0.25, 0.3) is 0 Å². The van der Waals surface area contributed by atoms with Crippen molar-refractivity contribution in [2.75, 3.05) is 12.8 Å². The predicted molar refractivity (Wildman–Crippen MR) is 85.2 cm³/mol. The van der Waals surface area contributed by atoms with E-state index in [1.54, 1.807) is 12.1 Å². The van der Waals surface area contributed by atoms with E-state index in [-0.39, 0.29) is 9.92 Å². The number of nitrogens with zero attached hydrogens (tertiary/aromatic N) is 1. The summed E-state index contributed by atoms with van der Waals surface area (Å²) in [5.74, 6) is 1.12. The summed E-state index contributed by atoms with van der Waals surface area (Å²) in [4.78, 5) is 4.37. The third-order valence-electron chi connectivity index (χ3n) is 3.62. The number of guanidine groups is 1. The van der Waals surface area contributed by atoms with Gasteiger partial charge in [0.15, 0.2) is 15.8 Å². The Morgan fingerprint density at radius 1 is 1.48 bits per heavy atom. The van der Waals surface area contributed by atoms with E-state index in [1.807, 2.05) is 0 Å². The van der Waals surface area contributed by atoms with E-state index in [1.165, 1.54) is 25.3 Å². The van der Waals surface area contributed by atoms with Crippen LogP contribution in [0.3, 0.4) is 0 Å². The van der Waals surface area contributed by atoms with Gasteiger partial charge in [0.2, 0.25) is 0 Å². The van der Waals surface area contributed by atoms with E-state index < -0.39 is 9.84 Å². The SMILES string of the molecule is CS(=O)(=O)c1ccc(CN=C(N)NCC2CCC2)cc1Cl. The van der Waals surface area contributed by atoms with E-state index in [0.717, 1.165) is 18.4 Å². The van der Waals surface area contributed by atoms with Gasteiger partial charge in [0.25, 0.3) is 0 Å². The van der Waals surface area contributed by atoms with Gasteiger partial charge in [-0.15, -0.1) is 0 Å². The molecule has 0 heterocycles. The topological polar surface area (TPSA) is 84.5 Å². The van der Waals surface area contributed by atoms with Crippen LogP contribution in [0.4, 0.5) is 0 Å². The molecule has 0 aromatic heterocycles. The predicted octanol–water partition coefficient (Wildman–Crippen LogP) is 1.95. The third kappa shape index (κ3) is 4.61. The maximum Gasteiger partial charge on any atom is 0.188 e. The summed E-state index contributed by atoms with van der Waals surface area (Å²) in [6.07, 6.45) is 4.94. The van der Waals surface area contributed by atoms with Crippen LogP contribution in [0, 0.1) is 5.92 Å². The molecule has 0 bridgehead atoms. The molecule has 0 saturated heterocycles. The number of nitrogens with two attached hydrogens (primary N) is 1. The lowest BCUT2D eigenvalue weighted by Gasteiger charge is -2.25. The number of benzene rings is 1. The maximum absolute atomic E-state index is 11.5. The van der Waals surface area contributed by atoms with Crippen molar-refractivity contribution in [1.82, 2.24) is 5.32 Å². The van der Waals surface area contributed by atoms with Gasteiger partial charge < -0.3 is 11.1 Å². The van der Waals surface area contributed by atoms with E-state index in [2.05, 4.69) is 10.3 Å². The van der Waals surface area contributed by atoms with Gasteiger partial charge in [-0.3, -0.25) is 0 Å². The maximum atomic E-state index is 11.5. The fourth-order valence-corrected chi connectivity index (χ4v) is 3.47. The number of nitrogens with one attached hydrogen (secondary N) is 1. The highest BCUT2D eigenvalue weighted by Crippen LogP contribution is 2.25. The summed E-state index contributed by atoms with van der Waals surface area (Å²) in [5, 5.41) is 3.32. The average Bonchev–Trinajstić information content (AvgIpc) is 2.33. The van der Waals surface area contributed by atoms with Crippen LogP contribution in [0.15, 0.2) is 28.1 Å². The van der Waals surface area contributed by atoms with Crippen LogP contribution in [-0.4, -0.2) is 27.2 Å². The lowest BCUT2D eigenvalue weighted by atomic mass is 9.85. The molecule has 3 N–H and O–H groups in total. The number of aliphatic imine (C=N–C) groups is 1. The molecule has 1 aliphatic rings. The Hall–Kier alpha value is -1.27. The fourth-order valence-electron chi connectivity index (χ4n) is 2.12. The van der Waals surface area contributed by atoms with Crippen molar-refractivity contribution in [3.05, 3.63) is 28.8 Å². The van der Waals surface area contributed by atoms with Gasteiger partial charge in [-0.2, -0.15) is 0 Å². The van der Waals surface area contributed by atoms with Crippen LogP contribution in [0.1, 0.15) is 24.8 Å². The van der Waals surface area contributed by atoms with E-state index in [0.29, 0.717) is 18.4 Å². The first-order chi connectivity index (χ1) is 9.86. The van der Waals surface area contributed by atoms with E-state index in [9.17, 15) is 8.42 Å². The number of halogens is 1. The van der Waals surface area contributed by atoms with Gasteiger partial charge in [0.05, 0.1) is 16.5 Å². The summed E-state index contributed by atoms with van der Waals surface area (Å²) >= 11 is 5.98. The molecule has 116 valence electrons. The quantitative estimate of drug-likeness (QED) is 0.638. The molecule has 1 aliphatic carbocycles. The molecule has 1 saturated carbocycles. The number of hydrogen-bond acceptors (Lipinski definition) is 3. The summed E-state index contributed by atoms with van der Waals surface area (Å²) in [6, 6.07) is 4.81. The molecular formula is C14H20ClN3O2S. The summed E-state index contributed by atoms with van der Waals surface area (Å²) in [5.41, 5.74) is 6.62. The average molecular weight is 330 g/mol. The second-order valence-corrected chi connectivity index (χ2v) is 7.81. The van der Waals surface area contributed by atoms with Gasteiger partial charge in [0.1, 0.15) is 0 Å². The smallest absolute Gasteiger partial charge is 0.188 e. The van der Waals surface area contributed by atoms with Gasteiger partial charge in [-0.1, -0.05) is 24.1 Å². The van der Waals surface area contributed by atoms with E-state index >= 15 is 0 Å². The number of sulfone groups is 1. The van der Waals surface area contributed by atoms with Crippen molar-refractivity contribution in [2.45, 2.75) is 30.7 Å². The van der Waals surface area contributed by atoms with Crippen molar-refractivity contribution in [3.8, 4) is 0 Å². The Morgan fingerprint density at radius 3 is 2.71 bits per heavy atom. The molecule has 21 heavy (non-hydrogen) atoms. The van der Waals surface area contributed by atoms with Crippen LogP contribution < -0.4 is 11.1 Å². The van der Waals surface area contributed by atoms with Crippen molar-refractivity contribution in [1.29, 1.82) is 0 Å². The summed E-state index contributed by atoms with van der Waals surface area (Å²) in [6.45, 7) is 1.23. The second kappa shape index (κ2) is 6.66. The van der Waals surface area contributed by atoms with Crippen LogP contribution in [0.5, 0.6) is 0 Å². The summed E-state index contributed by atoms with van der Waals surface area (Å²) in [7, 11) is -3.30. The highest BCUT2D eigenvalue weighted by molar-refractivity contribution is 7.90. The molecule has 0 unspecified atom stereocenters. The standard InChI is InChI=1S/C14H20ClN3O2S/c1-21(19,20)13-6-5-11(7-12(13)15)9-18-14(16)17-8-10-3-2-4-10/h5-7,10H,2-4,8-9H2,1H3,(H3,16,17,18). The Morgan fingerprint density at radius 2 is 2.19 bits per heavy atom. The third-order valence-corrected chi connectivity index (χ3v) is 5.20. The molecule has 0 aliphatic heterocycles. The minimum absolute atomic E-state index is 0.132. The zero-order chi connectivity index (χ0) is 15.5. The number of rotatable bonds is 5. The zero-order valence-electron chi connectivity index (χ0n) is 12.0. The Kier molecular flexibility index (Phi) is 5.11. The fraction of sp³-hybridized carbons (Fsp3) is 0.500. The monoisotopic (exact) mass is 329 g/mol.